The average Bonchev–Trinajstić information content (AvgIpc) is 2.28. The molecule has 3 nitrogen and oxygen atoms in total. The van der Waals surface area contributed by atoms with Gasteiger partial charge in [0.1, 0.15) is 0 Å². The molecule has 0 aliphatic rings. The number of amides is 1. The first kappa shape index (κ1) is 13.4. The number of carbonyl (C=O) groups is 2. The molecule has 1 amide bonds. The van der Waals surface area contributed by atoms with Crippen molar-refractivity contribution in [2.75, 3.05) is 6.54 Å². The first-order valence-corrected chi connectivity index (χ1v) is 5.80. The predicted molar refractivity (Wildman–Crippen MR) is 68.1 cm³/mol. The molecule has 0 atom stereocenters. The van der Waals surface area contributed by atoms with Crippen molar-refractivity contribution >= 4 is 11.7 Å². The van der Waals surface area contributed by atoms with E-state index in [0.717, 1.165) is 11.1 Å². The van der Waals surface area contributed by atoms with Crippen molar-refractivity contribution < 1.29 is 9.59 Å². The zero-order valence-corrected chi connectivity index (χ0v) is 10.8. The van der Waals surface area contributed by atoms with E-state index in [2.05, 4.69) is 5.32 Å². The van der Waals surface area contributed by atoms with E-state index in [1.807, 2.05) is 26.0 Å². The Morgan fingerprint density at radius 3 is 2.35 bits per heavy atom. The van der Waals surface area contributed by atoms with Crippen molar-refractivity contribution in [2.24, 2.45) is 5.92 Å². The topological polar surface area (TPSA) is 46.2 Å². The molecule has 0 aliphatic carbocycles. The molecule has 92 valence electrons. The van der Waals surface area contributed by atoms with Gasteiger partial charge in [0.2, 0.25) is 5.91 Å². The summed E-state index contributed by atoms with van der Waals surface area (Å²) in [5, 5.41) is 2.63. The van der Waals surface area contributed by atoms with Crippen LogP contribution in [0.3, 0.4) is 0 Å². The summed E-state index contributed by atoms with van der Waals surface area (Å²) in [6.45, 7) is 7.65. The van der Waals surface area contributed by atoms with Crippen LogP contribution in [0.2, 0.25) is 0 Å². The smallest absolute Gasteiger partial charge is 0.222 e. The molecule has 3 heteroatoms. The summed E-state index contributed by atoms with van der Waals surface area (Å²) in [5.41, 5.74) is 2.90. The van der Waals surface area contributed by atoms with E-state index < -0.39 is 0 Å². The lowest BCUT2D eigenvalue weighted by atomic mass is 10.0. The van der Waals surface area contributed by atoms with Crippen LogP contribution in [-0.2, 0) is 4.79 Å². The maximum absolute atomic E-state index is 11.8. The van der Waals surface area contributed by atoms with E-state index in [9.17, 15) is 9.59 Å². The SMILES string of the molecule is Cc1ccc(C(=O)CNC(=O)C(C)C)cc1C. The molecular weight excluding hydrogens is 214 g/mol. The van der Waals surface area contributed by atoms with E-state index in [1.165, 1.54) is 0 Å². The molecule has 0 heterocycles. The van der Waals surface area contributed by atoms with Gasteiger partial charge in [0, 0.05) is 11.5 Å². The number of Topliss-reactive ketones (excluding diaryl/α,β-unsaturated/α-hetero) is 1. The van der Waals surface area contributed by atoms with Gasteiger partial charge in [-0.3, -0.25) is 9.59 Å². The van der Waals surface area contributed by atoms with Crippen molar-refractivity contribution in [3.8, 4) is 0 Å². The van der Waals surface area contributed by atoms with Crippen LogP contribution in [-0.4, -0.2) is 18.2 Å². The van der Waals surface area contributed by atoms with Crippen LogP contribution in [0.15, 0.2) is 18.2 Å². The van der Waals surface area contributed by atoms with E-state index in [1.54, 1.807) is 19.9 Å². The maximum Gasteiger partial charge on any atom is 0.222 e. The number of ketones is 1. The number of carbonyl (C=O) groups excluding carboxylic acids is 2. The van der Waals surface area contributed by atoms with Crippen LogP contribution >= 0.6 is 0 Å². The Balaban J connectivity index is 2.64. The number of rotatable bonds is 4. The molecule has 1 aromatic rings. The van der Waals surface area contributed by atoms with Crippen LogP contribution < -0.4 is 5.32 Å². The molecule has 0 saturated carbocycles. The normalized spacial score (nSPS) is 10.4. The third-order valence-corrected chi connectivity index (χ3v) is 2.78. The standard InChI is InChI=1S/C14H19NO2/c1-9(2)14(17)15-8-13(16)12-6-5-10(3)11(4)7-12/h5-7,9H,8H2,1-4H3,(H,15,17). The summed E-state index contributed by atoms with van der Waals surface area (Å²) in [6.07, 6.45) is 0. The third-order valence-electron chi connectivity index (χ3n) is 2.78. The number of nitrogens with one attached hydrogen (secondary N) is 1. The van der Waals surface area contributed by atoms with Gasteiger partial charge in [-0.2, -0.15) is 0 Å². The van der Waals surface area contributed by atoms with Gasteiger partial charge in [0.05, 0.1) is 6.54 Å². The van der Waals surface area contributed by atoms with E-state index in [0.29, 0.717) is 5.56 Å². The molecule has 0 spiro atoms. The van der Waals surface area contributed by atoms with E-state index in [4.69, 9.17) is 0 Å². The molecule has 0 bridgehead atoms. The van der Waals surface area contributed by atoms with Gasteiger partial charge in [-0.25, -0.2) is 0 Å². The molecule has 0 radical (unpaired) electrons. The first-order valence-electron chi connectivity index (χ1n) is 5.80. The fourth-order valence-corrected chi connectivity index (χ4v) is 1.39. The first-order chi connectivity index (χ1) is 7.91. The van der Waals surface area contributed by atoms with Gasteiger partial charge in [-0.1, -0.05) is 26.0 Å². The second-order valence-electron chi connectivity index (χ2n) is 4.59. The molecular formula is C14H19NO2. The second-order valence-corrected chi connectivity index (χ2v) is 4.59. The fourth-order valence-electron chi connectivity index (χ4n) is 1.39. The molecule has 0 aliphatic heterocycles. The molecule has 0 fully saturated rings. The highest BCUT2D eigenvalue weighted by molar-refractivity contribution is 5.99. The summed E-state index contributed by atoms with van der Waals surface area (Å²) >= 11 is 0. The Morgan fingerprint density at radius 2 is 1.82 bits per heavy atom. The van der Waals surface area contributed by atoms with Gasteiger partial charge < -0.3 is 5.32 Å². The Labute approximate surface area is 102 Å². The number of hydrogen-bond donors (Lipinski definition) is 1. The number of aryl methyl sites for hydroxylation is 2. The fraction of sp³-hybridized carbons (Fsp3) is 0.429. The Morgan fingerprint density at radius 1 is 1.18 bits per heavy atom. The minimum Gasteiger partial charge on any atom is -0.348 e. The summed E-state index contributed by atoms with van der Waals surface area (Å²) < 4.78 is 0. The lowest BCUT2D eigenvalue weighted by Gasteiger charge is -2.08. The van der Waals surface area contributed by atoms with Crippen LogP contribution in [0.25, 0.3) is 0 Å². The third kappa shape index (κ3) is 3.70. The van der Waals surface area contributed by atoms with Crippen molar-refractivity contribution in [3.05, 3.63) is 34.9 Å². The largest absolute Gasteiger partial charge is 0.348 e. The number of hydrogen-bond acceptors (Lipinski definition) is 2. The van der Waals surface area contributed by atoms with Crippen molar-refractivity contribution in [1.82, 2.24) is 5.32 Å². The Kier molecular flexibility index (Phi) is 4.44. The second kappa shape index (κ2) is 5.62. The van der Waals surface area contributed by atoms with Crippen molar-refractivity contribution in [3.63, 3.8) is 0 Å². The molecule has 0 saturated heterocycles. The van der Waals surface area contributed by atoms with Crippen molar-refractivity contribution in [1.29, 1.82) is 0 Å². The van der Waals surface area contributed by atoms with Crippen molar-refractivity contribution in [2.45, 2.75) is 27.7 Å². The van der Waals surface area contributed by atoms with Gasteiger partial charge in [0.15, 0.2) is 5.78 Å². The highest BCUT2D eigenvalue weighted by Gasteiger charge is 2.10. The maximum atomic E-state index is 11.8. The molecule has 1 rings (SSSR count). The van der Waals surface area contributed by atoms with Gasteiger partial charge in [-0.15, -0.1) is 0 Å². The zero-order valence-electron chi connectivity index (χ0n) is 10.8. The lowest BCUT2D eigenvalue weighted by Crippen LogP contribution is -2.32. The van der Waals surface area contributed by atoms with Gasteiger partial charge >= 0.3 is 0 Å². The highest BCUT2D eigenvalue weighted by Crippen LogP contribution is 2.10. The predicted octanol–water partition coefficient (Wildman–Crippen LogP) is 2.26. The zero-order chi connectivity index (χ0) is 13.0. The van der Waals surface area contributed by atoms with Crippen LogP contribution in [0.4, 0.5) is 0 Å². The summed E-state index contributed by atoms with van der Waals surface area (Å²) in [7, 11) is 0. The molecule has 1 aromatic carbocycles. The number of benzene rings is 1. The quantitative estimate of drug-likeness (QED) is 0.811. The summed E-state index contributed by atoms with van der Waals surface area (Å²) in [4.78, 5) is 23.2. The monoisotopic (exact) mass is 233 g/mol. The summed E-state index contributed by atoms with van der Waals surface area (Å²) in [5.74, 6) is -0.244. The molecule has 0 aromatic heterocycles. The summed E-state index contributed by atoms with van der Waals surface area (Å²) in [6, 6.07) is 5.58. The van der Waals surface area contributed by atoms with Gasteiger partial charge in [-0.05, 0) is 31.0 Å². The molecule has 0 unspecified atom stereocenters. The minimum atomic E-state index is -0.0952. The van der Waals surface area contributed by atoms with Gasteiger partial charge in [0.25, 0.3) is 0 Å². The van der Waals surface area contributed by atoms with E-state index in [-0.39, 0.29) is 24.2 Å². The van der Waals surface area contributed by atoms with Crippen LogP contribution in [0, 0.1) is 19.8 Å². The Hall–Kier alpha value is -1.64. The average molecular weight is 233 g/mol. The van der Waals surface area contributed by atoms with E-state index >= 15 is 0 Å². The lowest BCUT2D eigenvalue weighted by molar-refractivity contribution is -0.123. The molecule has 17 heavy (non-hydrogen) atoms. The molecule has 1 N–H and O–H groups in total. The minimum absolute atomic E-state index is 0.0536. The van der Waals surface area contributed by atoms with Crippen LogP contribution in [0.1, 0.15) is 35.3 Å². The highest BCUT2D eigenvalue weighted by atomic mass is 16.2. The Bertz CT molecular complexity index is 436. The van der Waals surface area contributed by atoms with Crippen LogP contribution in [0.5, 0.6) is 0 Å².